The van der Waals surface area contributed by atoms with E-state index in [0.717, 1.165) is 30.5 Å². The zero-order chi connectivity index (χ0) is 14.5. The second-order valence-corrected chi connectivity index (χ2v) is 6.78. The highest BCUT2D eigenvalue weighted by Crippen LogP contribution is 2.36. The van der Waals surface area contributed by atoms with Gasteiger partial charge in [-0.3, -0.25) is 0 Å². The molecule has 0 saturated heterocycles. The third-order valence-corrected chi connectivity index (χ3v) is 5.54. The Hall–Kier alpha value is -0.390. The largest absolute Gasteiger partial charge is 0.369 e. The van der Waals surface area contributed by atoms with Crippen LogP contribution in [0.4, 0.5) is 5.82 Å². The van der Waals surface area contributed by atoms with E-state index in [1.54, 1.807) is 0 Å². The van der Waals surface area contributed by atoms with Crippen molar-refractivity contribution in [3.63, 3.8) is 0 Å². The molecule has 3 nitrogen and oxygen atoms in total. The van der Waals surface area contributed by atoms with Crippen molar-refractivity contribution in [3.8, 4) is 0 Å². The average molecular weight is 387 g/mol. The minimum atomic E-state index is 0.567. The van der Waals surface area contributed by atoms with Crippen LogP contribution in [0.15, 0.2) is 0 Å². The van der Waals surface area contributed by atoms with Crippen molar-refractivity contribution in [1.29, 1.82) is 0 Å². The number of nitrogens with one attached hydrogen (secondary N) is 1. The summed E-state index contributed by atoms with van der Waals surface area (Å²) in [5, 5.41) is 3.39. The van der Waals surface area contributed by atoms with E-state index in [-0.39, 0.29) is 0 Å². The minimum absolute atomic E-state index is 0.567. The Morgan fingerprint density at radius 3 is 2.35 bits per heavy atom. The molecule has 1 heterocycles. The van der Waals surface area contributed by atoms with Gasteiger partial charge in [0.1, 0.15) is 11.6 Å². The van der Waals surface area contributed by atoms with Gasteiger partial charge in [0, 0.05) is 12.5 Å². The average Bonchev–Trinajstić information content (AvgIpc) is 2.49. The second kappa shape index (κ2) is 7.57. The molecule has 0 aliphatic heterocycles. The molecule has 1 N–H and O–H groups in total. The normalized spacial score (nSPS) is 22.8. The molecule has 0 atom stereocenters. The van der Waals surface area contributed by atoms with E-state index in [1.807, 2.05) is 0 Å². The zero-order valence-electron chi connectivity index (χ0n) is 12.9. The van der Waals surface area contributed by atoms with Crippen LogP contribution in [0.25, 0.3) is 0 Å². The van der Waals surface area contributed by atoms with E-state index in [1.165, 1.54) is 41.4 Å². The maximum Gasteiger partial charge on any atom is 0.143 e. The van der Waals surface area contributed by atoms with Crippen LogP contribution in [-0.4, -0.2) is 16.5 Å². The van der Waals surface area contributed by atoms with Gasteiger partial charge in [-0.05, 0) is 67.5 Å². The van der Waals surface area contributed by atoms with Crippen LogP contribution in [0.5, 0.6) is 0 Å². The molecule has 0 spiro atoms. The molecule has 0 unspecified atom stereocenters. The fourth-order valence-electron chi connectivity index (χ4n) is 3.04. The highest BCUT2D eigenvalue weighted by atomic mass is 127. The topological polar surface area (TPSA) is 37.8 Å². The van der Waals surface area contributed by atoms with Crippen molar-refractivity contribution in [2.24, 2.45) is 5.92 Å². The number of anilines is 1. The van der Waals surface area contributed by atoms with Crippen molar-refractivity contribution >= 4 is 28.4 Å². The van der Waals surface area contributed by atoms with E-state index in [4.69, 9.17) is 9.97 Å². The lowest BCUT2D eigenvalue weighted by Gasteiger charge is -2.27. The third-order valence-electron chi connectivity index (χ3n) is 4.41. The number of halogens is 1. The molecule has 1 aliphatic carbocycles. The molecule has 4 heteroatoms. The summed E-state index contributed by atoms with van der Waals surface area (Å²) < 4.78 is 1.19. The predicted molar refractivity (Wildman–Crippen MR) is 93.3 cm³/mol. The SMILES string of the molecule is CCNc1nc(C2CCC(CC)CC2)nc(CC)c1I. The number of nitrogens with zero attached hydrogens (tertiary/aromatic N) is 2. The summed E-state index contributed by atoms with van der Waals surface area (Å²) in [6.45, 7) is 7.52. The Bertz CT molecular complexity index is 440. The minimum Gasteiger partial charge on any atom is -0.369 e. The first-order chi connectivity index (χ1) is 9.69. The molecule has 1 fully saturated rings. The Morgan fingerprint density at radius 1 is 1.10 bits per heavy atom. The van der Waals surface area contributed by atoms with E-state index in [0.29, 0.717) is 5.92 Å². The molecule has 1 aromatic heterocycles. The lowest BCUT2D eigenvalue weighted by molar-refractivity contribution is 0.312. The van der Waals surface area contributed by atoms with Crippen LogP contribution in [0.2, 0.25) is 0 Å². The van der Waals surface area contributed by atoms with Gasteiger partial charge in [-0.25, -0.2) is 9.97 Å². The predicted octanol–water partition coefficient (Wildman–Crippen LogP) is 4.76. The van der Waals surface area contributed by atoms with Crippen LogP contribution in [0.1, 0.15) is 70.3 Å². The van der Waals surface area contributed by atoms with Crippen LogP contribution < -0.4 is 5.32 Å². The van der Waals surface area contributed by atoms with Gasteiger partial charge in [0.15, 0.2) is 0 Å². The van der Waals surface area contributed by atoms with Gasteiger partial charge in [-0.2, -0.15) is 0 Å². The van der Waals surface area contributed by atoms with E-state index < -0.39 is 0 Å². The Kier molecular flexibility index (Phi) is 6.05. The van der Waals surface area contributed by atoms with Gasteiger partial charge < -0.3 is 5.32 Å². The van der Waals surface area contributed by atoms with Crippen molar-refractivity contribution < 1.29 is 0 Å². The smallest absolute Gasteiger partial charge is 0.143 e. The maximum atomic E-state index is 4.85. The van der Waals surface area contributed by atoms with Crippen molar-refractivity contribution in [3.05, 3.63) is 15.1 Å². The Balaban J connectivity index is 2.21. The fraction of sp³-hybridized carbons (Fsp3) is 0.750. The van der Waals surface area contributed by atoms with E-state index in [2.05, 4.69) is 48.7 Å². The van der Waals surface area contributed by atoms with Crippen molar-refractivity contribution in [1.82, 2.24) is 9.97 Å². The molecule has 20 heavy (non-hydrogen) atoms. The molecule has 1 aromatic rings. The van der Waals surface area contributed by atoms with Crippen LogP contribution >= 0.6 is 22.6 Å². The fourth-order valence-corrected chi connectivity index (χ4v) is 3.86. The molecule has 0 aromatic carbocycles. The van der Waals surface area contributed by atoms with Crippen LogP contribution in [0, 0.1) is 9.49 Å². The zero-order valence-corrected chi connectivity index (χ0v) is 15.0. The van der Waals surface area contributed by atoms with E-state index in [9.17, 15) is 0 Å². The lowest BCUT2D eigenvalue weighted by atomic mass is 9.80. The van der Waals surface area contributed by atoms with Gasteiger partial charge in [-0.15, -0.1) is 0 Å². The van der Waals surface area contributed by atoms with Gasteiger partial charge in [-0.1, -0.05) is 20.3 Å². The van der Waals surface area contributed by atoms with Crippen LogP contribution in [-0.2, 0) is 6.42 Å². The summed E-state index contributed by atoms with van der Waals surface area (Å²) in [6.07, 6.45) is 7.50. The molecule has 0 bridgehead atoms. The summed E-state index contributed by atoms with van der Waals surface area (Å²) >= 11 is 2.37. The summed E-state index contributed by atoms with van der Waals surface area (Å²) in [6, 6.07) is 0. The quantitative estimate of drug-likeness (QED) is 0.741. The third kappa shape index (κ3) is 3.62. The summed E-state index contributed by atoms with van der Waals surface area (Å²) in [4.78, 5) is 9.67. The lowest BCUT2D eigenvalue weighted by Crippen LogP contribution is -2.17. The Morgan fingerprint density at radius 2 is 1.80 bits per heavy atom. The highest BCUT2D eigenvalue weighted by molar-refractivity contribution is 14.1. The number of hydrogen-bond donors (Lipinski definition) is 1. The number of aryl methyl sites for hydroxylation is 1. The van der Waals surface area contributed by atoms with E-state index >= 15 is 0 Å². The van der Waals surface area contributed by atoms with Gasteiger partial charge in [0.05, 0.1) is 9.26 Å². The molecule has 0 amide bonds. The first kappa shape index (κ1) is 16.0. The van der Waals surface area contributed by atoms with Gasteiger partial charge in [0.25, 0.3) is 0 Å². The standard InChI is InChI=1S/C16H26IN3/c1-4-11-7-9-12(10-8-11)15-19-13(5-2)14(17)16(20-15)18-6-3/h11-12H,4-10H2,1-3H3,(H,18,19,20). The molecule has 0 radical (unpaired) electrons. The second-order valence-electron chi connectivity index (χ2n) is 5.70. The number of aromatic nitrogens is 2. The monoisotopic (exact) mass is 387 g/mol. The Labute approximate surface area is 136 Å². The number of rotatable bonds is 5. The van der Waals surface area contributed by atoms with Crippen molar-refractivity contribution in [2.45, 2.75) is 65.2 Å². The summed E-state index contributed by atoms with van der Waals surface area (Å²) in [5.41, 5.74) is 1.20. The first-order valence-electron chi connectivity index (χ1n) is 7.99. The maximum absolute atomic E-state index is 4.85. The first-order valence-corrected chi connectivity index (χ1v) is 9.07. The molecular formula is C16H26IN3. The van der Waals surface area contributed by atoms with Crippen molar-refractivity contribution in [2.75, 3.05) is 11.9 Å². The van der Waals surface area contributed by atoms with Gasteiger partial charge >= 0.3 is 0 Å². The molecule has 1 aliphatic rings. The molecular weight excluding hydrogens is 361 g/mol. The van der Waals surface area contributed by atoms with Gasteiger partial charge in [0.2, 0.25) is 0 Å². The molecule has 112 valence electrons. The van der Waals surface area contributed by atoms with Crippen LogP contribution in [0.3, 0.4) is 0 Å². The highest BCUT2D eigenvalue weighted by Gasteiger charge is 2.24. The molecule has 2 rings (SSSR count). The molecule has 1 saturated carbocycles. The number of hydrogen-bond acceptors (Lipinski definition) is 3. The summed E-state index contributed by atoms with van der Waals surface area (Å²) in [7, 11) is 0. The summed E-state index contributed by atoms with van der Waals surface area (Å²) in [5.74, 6) is 3.60.